The first-order valence-electron chi connectivity index (χ1n) is 10.8. The molecule has 0 radical (unpaired) electrons. The van der Waals surface area contributed by atoms with Crippen molar-refractivity contribution in [2.45, 2.75) is 64.4 Å². The minimum absolute atomic E-state index is 0.0783. The van der Waals surface area contributed by atoms with Crippen LogP contribution in [0, 0.1) is 0 Å². The standard InChI is InChI=1S/C25H31N3O/c29-20-24-12-8-7-11-23(24)19-27(16-21-9-3-1-4-10-21)17-22-15-26-28(18-22)25-13-5-2-6-14-25/h1,3-4,7-12,15,18,25,29H,2,5-6,13-14,16-17,19-20H2. The van der Waals surface area contributed by atoms with Crippen LogP contribution in [0.15, 0.2) is 67.0 Å². The van der Waals surface area contributed by atoms with Gasteiger partial charge < -0.3 is 5.11 Å². The molecule has 4 heteroatoms. The fourth-order valence-electron chi connectivity index (χ4n) is 4.38. The van der Waals surface area contributed by atoms with Gasteiger partial charge in [-0.2, -0.15) is 5.10 Å². The molecule has 4 rings (SSSR count). The summed E-state index contributed by atoms with van der Waals surface area (Å²) in [4.78, 5) is 2.44. The molecule has 1 aliphatic rings. The summed E-state index contributed by atoms with van der Waals surface area (Å²) >= 11 is 0. The zero-order valence-electron chi connectivity index (χ0n) is 17.1. The van der Waals surface area contributed by atoms with Gasteiger partial charge in [0, 0.05) is 31.4 Å². The molecule has 1 saturated carbocycles. The molecule has 0 atom stereocenters. The molecule has 1 fully saturated rings. The summed E-state index contributed by atoms with van der Waals surface area (Å²) in [5.74, 6) is 0. The number of rotatable bonds is 8. The average Bonchev–Trinajstić information content (AvgIpc) is 3.24. The Balaban J connectivity index is 1.51. The van der Waals surface area contributed by atoms with Crippen molar-refractivity contribution in [2.24, 2.45) is 0 Å². The second-order valence-corrected chi connectivity index (χ2v) is 8.18. The fourth-order valence-corrected chi connectivity index (χ4v) is 4.38. The van der Waals surface area contributed by atoms with Crippen molar-refractivity contribution in [1.82, 2.24) is 14.7 Å². The SMILES string of the molecule is OCc1ccccc1CN(Cc1ccccc1)Cc1cnn(C2CCCCC2)c1. The van der Waals surface area contributed by atoms with Gasteiger partial charge in [0.1, 0.15) is 0 Å². The molecule has 1 aromatic heterocycles. The average molecular weight is 390 g/mol. The molecule has 2 aromatic carbocycles. The molecule has 3 aromatic rings. The zero-order valence-corrected chi connectivity index (χ0v) is 17.1. The van der Waals surface area contributed by atoms with E-state index >= 15 is 0 Å². The summed E-state index contributed by atoms with van der Waals surface area (Å²) < 4.78 is 2.19. The van der Waals surface area contributed by atoms with E-state index in [1.54, 1.807) is 0 Å². The van der Waals surface area contributed by atoms with Crippen LogP contribution in [0.1, 0.15) is 60.4 Å². The maximum Gasteiger partial charge on any atom is 0.0685 e. The lowest BCUT2D eigenvalue weighted by Crippen LogP contribution is -2.23. The van der Waals surface area contributed by atoms with Gasteiger partial charge in [0.05, 0.1) is 18.8 Å². The molecule has 0 bridgehead atoms. The molecule has 1 aliphatic carbocycles. The molecule has 0 aliphatic heterocycles. The number of benzene rings is 2. The molecule has 4 nitrogen and oxygen atoms in total. The molecule has 1 heterocycles. The van der Waals surface area contributed by atoms with E-state index in [9.17, 15) is 5.11 Å². The Kier molecular flexibility index (Phi) is 6.75. The number of aliphatic hydroxyl groups is 1. The van der Waals surface area contributed by atoms with Gasteiger partial charge in [0.2, 0.25) is 0 Å². The Bertz CT molecular complexity index is 884. The first kappa shape index (κ1) is 19.9. The molecule has 0 saturated heterocycles. The van der Waals surface area contributed by atoms with Crippen LogP contribution >= 0.6 is 0 Å². The van der Waals surface area contributed by atoms with Gasteiger partial charge in [-0.1, -0.05) is 73.9 Å². The lowest BCUT2D eigenvalue weighted by Gasteiger charge is -2.24. The van der Waals surface area contributed by atoms with Crippen molar-refractivity contribution < 1.29 is 5.11 Å². The van der Waals surface area contributed by atoms with Crippen LogP contribution in [0.3, 0.4) is 0 Å². The van der Waals surface area contributed by atoms with E-state index in [0.717, 1.165) is 25.2 Å². The molecule has 29 heavy (non-hydrogen) atoms. The van der Waals surface area contributed by atoms with E-state index in [2.05, 4.69) is 58.2 Å². The molecule has 0 unspecified atom stereocenters. The summed E-state index contributed by atoms with van der Waals surface area (Å²) in [7, 11) is 0. The summed E-state index contributed by atoms with van der Waals surface area (Å²) in [6, 6.07) is 19.3. The van der Waals surface area contributed by atoms with Crippen LogP contribution in [-0.4, -0.2) is 19.8 Å². The summed E-state index contributed by atoms with van der Waals surface area (Å²) in [6.45, 7) is 2.60. The van der Waals surface area contributed by atoms with E-state index in [-0.39, 0.29) is 6.61 Å². The molecule has 1 N–H and O–H groups in total. The molecular formula is C25H31N3O. The van der Waals surface area contributed by atoms with E-state index in [1.807, 2.05) is 18.3 Å². The Hall–Kier alpha value is -2.43. The van der Waals surface area contributed by atoms with E-state index in [1.165, 1.54) is 48.8 Å². The van der Waals surface area contributed by atoms with Gasteiger partial charge in [0.25, 0.3) is 0 Å². The van der Waals surface area contributed by atoms with E-state index < -0.39 is 0 Å². The van der Waals surface area contributed by atoms with Gasteiger partial charge >= 0.3 is 0 Å². The Morgan fingerprint density at radius 3 is 2.28 bits per heavy atom. The molecule has 0 spiro atoms. The Morgan fingerprint density at radius 2 is 1.52 bits per heavy atom. The number of aromatic nitrogens is 2. The van der Waals surface area contributed by atoms with E-state index in [0.29, 0.717) is 6.04 Å². The Labute approximate surface area is 173 Å². The topological polar surface area (TPSA) is 41.3 Å². The van der Waals surface area contributed by atoms with E-state index in [4.69, 9.17) is 5.10 Å². The third kappa shape index (κ3) is 5.34. The van der Waals surface area contributed by atoms with Crippen molar-refractivity contribution in [2.75, 3.05) is 0 Å². The van der Waals surface area contributed by atoms with Gasteiger partial charge in [-0.15, -0.1) is 0 Å². The highest BCUT2D eigenvalue weighted by atomic mass is 16.3. The Morgan fingerprint density at radius 1 is 0.828 bits per heavy atom. The highest BCUT2D eigenvalue weighted by molar-refractivity contribution is 5.26. The van der Waals surface area contributed by atoms with Crippen molar-refractivity contribution in [3.05, 3.63) is 89.2 Å². The predicted molar refractivity (Wildman–Crippen MR) is 116 cm³/mol. The highest BCUT2D eigenvalue weighted by Crippen LogP contribution is 2.28. The van der Waals surface area contributed by atoms with Crippen LogP contribution < -0.4 is 0 Å². The first-order chi connectivity index (χ1) is 14.3. The highest BCUT2D eigenvalue weighted by Gasteiger charge is 2.17. The molecule has 152 valence electrons. The van der Waals surface area contributed by atoms with Gasteiger partial charge in [-0.3, -0.25) is 9.58 Å². The van der Waals surface area contributed by atoms with Crippen molar-refractivity contribution in [1.29, 1.82) is 0 Å². The summed E-state index contributed by atoms with van der Waals surface area (Å²) in [5.41, 5.74) is 4.75. The number of aliphatic hydroxyl groups excluding tert-OH is 1. The molecule has 0 amide bonds. The predicted octanol–water partition coefficient (Wildman–Crippen LogP) is 5.08. The maximum absolute atomic E-state index is 9.73. The van der Waals surface area contributed by atoms with Crippen LogP contribution in [-0.2, 0) is 26.2 Å². The van der Waals surface area contributed by atoms with Crippen LogP contribution in [0.4, 0.5) is 0 Å². The number of hydrogen-bond donors (Lipinski definition) is 1. The summed E-state index contributed by atoms with van der Waals surface area (Å²) in [6.07, 6.45) is 10.8. The van der Waals surface area contributed by atoms with Crippen LogP contribution in [0.5, 0.6) is 0 Å². The van der Waals surface area contributed by atoms with Crippen molar-refractivity contribution in [3.63, 3.8) is 0 Å². The number of hydrogen-bond acceptors (Lipinski definition) is 3. The van der Waals surface area contributed by atoms with Crippen molar-refractivity contribution in [3.8, 4) is 0 Å². The van der Waals surface area contributed by atoms with Crippen LogP contribution in [0.2, 0.25) is 0 Å². The monoisotopic (exact) mass is 389 g/mol. The zero-order chi connectivity index (χ0) is 19.9. The quantitative estimate of drug-likeness (QED) is 0.584. The third-order valence-corrected chi connectivity index (χ3v) is 5.94. The van der Waals surface area contributed by atoms with Crippen LogP contribution in [0.25, 0.3) is 0 Å². The largest absolute Gasteiger partial charge is 0.392 e. The maximum atomic E-state index is 9.73. The second kappa shape index (κ2) is 9.86. The molecular weight excluding hydrogens is 358 g/mol. The minimum atomic E-state index is 0.0783. The van der Waals surface area contributed by atoms with Gasteiger partial charge in [-0.25, -0.2) is 0 Å². The van der Waals surface area contributed by atoms with Gasteiger partial charge in [-0.05, 0) is 29.5 Å². The smallest absolute Gasteiger partial charge is 0.0685 e. The lowest BCUT2D eigenvalue weighted by atomic mass is 9.96. The van der Waals surface area contributed by atoms with Gasteiger partial charge in [0.15, 0.2) is 0 Å². The number of nitrogens with zero attached hydrogens (tertiary/aromatic N) is 3. The summed E-state index contributed by atoms with van der Waals surface area (Å²) in [5, 5.41) is 14.4. The lowest BCUT2D eigenvalue weighted by molar-refractivity contribution is 0.240. The third-order valence-electron chi connectivity index (χ3n) is 5.94. The van der Waals surface area contributed by atoms with Crippen molar-refractivity contribution >= 4 is 0 Å². The second-order valence-electron chi connectivity index (χ2n) is 8.18. The first-order valence-corrected chi connectivity index (χ1v) is 10.8. The minimum Gasteiger partial charge on any atom is -0.392 e. The normalized spacial score (nSPS) is 15.1. The fraction of sp³-hybridized carbons (Fsp3) is 0.400.